The number of nitrogens with zero attached hydrogens (tertiary/aromatic N) is 4. The fourth-order valence-electron chi connectivity index (χ4n) is 2.13. The first kappa shape index (κ1) is 20.6. The highest BCUT2D eigenvalue weighted by molar-refractivity contribution is 7.86. The first-order chi connectivity index (χ1) is 13.8. The number of nitrogens with one attached hydrogen (secondary N) is 2. The van der Waals surface area contributed by atoms with E-state index < -0.39 is 15.0 Å². The second-order valence-corrected chi connectivity index (χ2v) is 7.59. The van der Waals surface area contributed by atoms with Crippen molar-refractivity contribution in [2.45, 2.75) is 4.90 Å². The summed E-state index contributed by atoms with van der Waals surface area (Å²) in [7, 11) is -4.60. The zero-order valence-corrected chi connectivity index (χ0v) is 16.5. The molecule has 3 N–H and O–H groups in total. The van der Waals surface area contributed by atoms with Crippen LogP contribution in [0.3, 0.4) is 0 Å². The third kappa shape index (κ3) is 5.01. The van der Waals surface area contributed by atoms with Crippen molar-refractivity contribution in [3.05, 3.63) is 58.5 Å². The molecule has 0 amide bonds. The van der Waals surface area contributed by atoms with Gasteiger partial charge in [-0.2, -0.15) is 18.9 Å². The minimum atomic E-state index is -4.60. The smallest absolute Gasteiger partial charge is 0.296 e. The number of tetrazole rings is 1. The number of nitriles is 1. The van der Waals surface area contributed by atoms with Crippen LogP contribution in [0.4, 0.5) is 5.69 Å². The van der Waals surface area contributed by atoms with Crippen molar-refractivity contribution in [3.8, 4) is 17.6 Å². The van der Waals surface area contributed by atoms with Crippen molar-refractivity contribution in [2.24, 2.45) is 0 Å². The van der Waals surface area contributed by atoms with Gasteiger partial charge in [-0.25, -0.2) is 0 Å². The molecule has 0 atom stereocenters. The predicted octanol–water partition coefficient (Wildman–Crippen LogP) is 3.52. The molecule has 2 aromatic carbocycles. The number of allylic oxidation sites excluding steroid dienone is 1. The van der Waals surface area contributed by atoms with Gasteiger partial charge in [0.25, 0.3) is 10.1 Å². The van der Waals surface area contributed by atoms with E-state index in [1.807, 2.05) is 6.07 Å². The minimum Gasteiger partial charge on any atom is -0.455 e. The molecule has 0 aliphatic carbocycles. The van der Waals surface area contributed by atoms with Crippen LogP contribution in [0.5, 0.6) is 11.5 Å². The van der Waals surface area contributed by atoms with Crippen LogP contribution in [0.15, 0.2) is 47.5 Å². The third-order valence-electron chi connectivity index (χ3n) is 3.43. The van der Waals surface area contributed by atoms with E-state index in [4.69, 9.17) is 27.9 Å². The van der Waals surface area contributed by atoms with Crippen LogP contribution in [0.25, 0.3) is 5.57 Å². The van der Waals surface area contributed by atoms with Gasteiger partial charge in [0.05, 0.1) is 10.7 Å². The van der Waals surface area contributed by atoms with E-state index in [9.17, 15) is 18.2 Å². The summed E-state index contributed by atoms with van der Waals surface area (Å²) >= 11 is 11.8. The average molecular weight is 453 g/mol. The lowest BCUT2D eigenvalue weighted by molar-refractivity contribution is 0.473. The van der Waals surface area contributed by atoms with Crippen LogP contribution in [-0.2, 0) is 10.1 Å². The maximum atomic E-state index is 11.6. The Labute approximate surface area is 174 Å². The Hall–Kier alpha value is -3.17. The molecule has 29 heavy (non-hydrogen) atoms. The topological polar surface area (TPSA) is 154 Å². The van der Waals surface area contributed by atoms with Gasteiger partial charge < -0.3 is 10.1 Å². The predicted molar refractivity (Wildman–Crippen MR) is 104 cm³/mol. The Kier molecular flexibility index (Phi) is 6.00. The molecule has 1 aromatic heterocycles. The van der Waals surface area contributed by atoms with Gasteiger partial charge in [-0.15, -0.1) is 10.2 Å². The van der Waals surface area contributed by atoms with Crippen molar-refractivity contribution < 1.29 is 17.7 Å². The third-order valence-corrected chi connectivity index (χ3v) is 5.00. The number of hydrogen-bond donors (Lipinski definition) is 3. The van der Waals surface area contributed by atoms with Crippen LogP contribution in [0.2, 0.25) is 10.0 Å². The average Bonchev–Trinajstić information content (AvgIpc) is 3.19. The van der Waals surface area contributed by atoms with E-state index >= 15 is 0 Å². The Morgan fingerprint density at radius 2 is 2.00 bits per heavy atom. The number of hydrogen-bond acceptors (Lipinski definition) is 8. The van der Waals surface area contributed by atoms with E-state index in [1.54, 1.807) is 24.3 Å². The number of ether oxygens (including phenoxy) is 1. The van der Waals surface area contributed by atoms with Crippen molar-refractivity contribution in [1.29, 1.82) is 5.26 Å². The van der Waals surface area contributed by atoms with Crippen molar-refractivity contribution in [1.82, 2.24) is 20.6 Å². The fraction of sp³-hybridized carbons (Fsp3) is 0. The Morgan fingerprint density at radius 3 is 2.59 bits per heavy atom. The second kappa shape index (κ2) is 8.46. The summed E-state index contributed by atoms with van der Waals surface area (Å²) in [4.78, 5) is -0.545. The number of H-pyrrole nitrogens is 1. The van der Waals surface area contributed by atoms with Gasteiger partial charge in [-0.1, -0.05) is 23.2 Å². The molecule has 10 nitrogen and oxygen atoms in total. The van der Waals surface area contributed by atoms with E-state index in [1.165, 1.54) is 12.3 Å². The normalized spacial score (nSPS) is 11.7. The summed E-state index contributed by atoms with van der Waals surface area (Å²) in [5.74, 6) is 0.385. The summed E-state index contributed by atoms with van der Waals surface area (Å²) in [6.07, 6.45) is 1.26. The molecular formula is C16H10Cl2N6O4S. The minimum absolute atomic E-state index is 0.00555. The van der Waals surface area contributed by atoms with Gasteiger partial charge in [0.15, 0.2) is 5.75 Å². The molecule has 0 saturated heterocycles. The van der Waals surface area contributed by atoms with Crippen LogP contribution >= 0.6 is 23.2 Å². The van der Waals surface area contributed by atoms with Gasteiger partial charge in [0, 0.05) is 17.3 Å². The quantitative estimate of drug-likeness (QED) is 0.376. The maximum absolute atomic E-state index is 11.6. The maximum Gasteiger partial charge on any atom is 0.296 e. The number of rotatable bonds is 6. The van der Waals surface area contributed by atoms with Gasteiger partial charge >= 0.3 is 0 Å². The van der Waals surface area contributed by atoms with E-state index in [0.717, 1.165) is 6.07 Å². The number of aromatic nitrogens is 4. The highest BCUT2D eigenvalue weighted by atomic mass is 35.5. The number of halogens is 2. The molecule has 1 heterocycles. The highest BCUT2D eigenvalue weighted by Gasteiger charge is 2.19. The van der Waals surface area contributed by atoms with E-state index in [-0.39, 0.29) is 27.9 Å². The Balaban J connectivity index is 2.03. The summed E-state index contributed by atoms with van der Waals surface area (Å²) in [5.41, 5.74) is 0.236. The molecule has 0 radical (unpaired) electrons. The molecule has 0 bridgehead atoms. The molecular weight excluding hydrogens is 443 g/mol. The summed E-state index contributed by atoms with van der Waals surface area (Å²) in [6.45, 7) is 0. The fourth-order valence-corrected chi connectivity index (χ4v) is 3.28. The summed E-state index contributed by atoms with van der Waals surface area (Å²) in [6, 6.07) is 10.4. The standard InChI is InChI=1S/C16H10Cl2N6O4S/c17-10-1-3-11(4-2-10)28-14-6-15(29(25,26)27)12(18)5-13(14)20-8-9(7-19)16-21-23-24-22-16/h1-6,8,20H,(H,25,26,27)(H,21,22,23,24). The monoisotopic (exact) mass is 452 g/mol. The molecule has 0 unspecified atom stereocenters. The van der Waals surface area contributed by atoms with Crippen LogP contribution in [-0.4, -0.2) is 33.6 Å². The van der Waals surface area contributed by atoms with Gasteiger partial charge in [0.2, 0.25) is 5.82 Å². The van der Waals surface area contributed by atoms with Gasteiger partial charge in [-0.05, 0) is 35.5 Å². The van der Waals surface area contributed by atoms with Gasteiger partial charge in [0.1, 0.15) is 22.3 Å². The molecule has 3 rings (SSSR count). The van der Waals surface area contributed by atoms with E-state index in [0.29, 0.717) is 10.8 Å². The zero-order valence-electron chi connectivity index (χ0n) is 14.2. The Bertz CT molecular complexity index is 1210. The molecule has 13 heteroatoms. The molecule has 0 aliphatic heterocycles. The van der Waals surface area contributed by atoms with Crippen molar-refractivity contribution >= 4 is 44.6 Å². The lowest BCUT2D eigenvalue weighted by atomic mass is 10.2. The molecule has 0 aliphatic rings. The summed E-state index contributed by atoms with van der Waals surface area (Å²) < 4.78 is 38.2. The van der Waals surface area contributed by atoms with Crippen molar-refractivity contribution in [3.63, 3.8) is 0 Å². The van der Waals surface area contributed by atoms with Crippen LogP contribution in [0, 0.1) is 11.3 Å². The number of aromatic amines is 1. The lowest BCUT2D eigenvalue weighted by Crippen LogP contribution is -2.02. The molecule has 3 aromatic rings. The SMILES string of the molecule is N#CC(=CNc1cc(Cl)c(S(=O)(=O)O)cc1Oc1ccc(Cl)cc1)c1nn[nH]n1. The second-order valence-electron chi connectivity index (χ2n) is 5.36. The van der Waals surface area contributed by atoms with Crippen LogP contribution in [0.1, 0.15) is 5.82 Å². The Morgan fingerprint density at radius 1 is 1.28 bits per heavy atom. The largest absolute Gasteiger partial charge is 0.455 e. The zero-order chi connectivity index (χ0) is 21.0. The van der Waals surface area contributed by atoms with Crippen molar-refractivity contribution in [2.75, 3.05) is 5.32 Å². The molecule has 0 fully saturated rings. The first-order valence-corrected chi connectivity index (χ1v) is 9.82. The van der Waals surface area contributed by atoms with Gasteiger partial charge in [-0.3, -0.25) is 4.55 Å². The lowest BCUT2D eigenvalue weighted by Gasteiger charge is -2.14. The van der Waals surface area contributed by atoms with Crippen LogP contribution < -0.4 is 10.1 Å². The highest BCUT2D eigenvalue weighted by Crippen LogP contribution is 2.37. The molecule has 148 valence electrons. The molecule has 0 spiro atoms. The first-order valence-electron chi connectivity index (χ1n) is 7.63. The molecule has 0 saturated carbocycles. The van der Waals surface area contributed by atoms with E-state index in [2.05, 4.69) is 25.9 Å². The number of benzene rings is 2. The summed E-state index contributed by atoms with van der Waals surface area (Å²) in [5, 5.41) is 25.3. The number of anilines is 1.